The van der Waals surface area contributed by atoms with Crippen LogP contribution in [0.5, 0.6) is 11.5 Å². The van der Waals surface area contributed by atoms with E-state index >= 15 is 0 Å². The van der Waals surface area contributed by atoms with Gasteiger partial charge in [0, 0.05) is 23.4 Å². The van der Waals surface area contributed by atoms with E-state index in [-0.39, 0.29) is 16.8 Å². The minimum Gasteiger partial charge on any atom is -0.406 e. The topological polar surface area (TPSA) is 31.4 Å². The second kappa shape index (κ2) is 7.61. The summed E-state index contributed by atoms with van der Waals surface area (Å²) in [6.45, 7) is 0. The molecular formula is C19H10F7NO2. The van der Waals surface area contributed by atoms with E-state index in [0.717, 1.165) is 30.3 Å². The first-order chi connectivity index (χ1) is 13.5. The molecule has 0 atom stereocenters. The molecule has 0 bridgehead atoms. The van der Waals surface area contributed by atoms with E-state index in [4.69, 9.17) is 0 Å². The Morgan fingerprint density at radius 1 is 0.655 bits per heavy atom. The van der Waals surface area contributed by atoms with Gasteiger partial charge < -0.3 is 9.47 Å². The van der Waals surface area contributed by atoms with E-state index in [1.165, 1.54) is 30.5 Å². The standard InChI is InChI=1S/C19H10F7NO2/c20-16-9-17(12-3-7-14(8-4-12)29-19(24,25)26)27-10-15(16)11-1-5-13(6-2-11)28-18(21,22)23/h1-10H. The second-order valence-electron chi connectivity index (χ2n) is 5.69. The molecule has 0 unspecified atom stereocenters. The number of nitrogens with zero attached hydrogens (tertiary/aromatic N) is 1. The third-order valence-corrected chi connectivity index (χ3v) is 3.64. The van der Waals surface area contributed by atoms with Gasteiger partial charge in [-0.1, -0.05) is 12.1 Å². The van der Waals surface area contributed by atoms with Crippen molar-refractivity contribution >= 4 is 0 Å². The van der Waals surface area contributed by atoms with Crippen molar-refractivity contribution in [3.63, 3.8) is 0 Å². The van der Waals surface area contributed by atoms with Crippen LogP contribution in [0.1, 0.15) is 0 Å². The van der Waals surface area contributed by atoms with Crippen LogP contribution >= 0.6 is 0 Å². The fraction of sp³-hybridized carbons (Fsp3) is 0.105. The summed E-state index contributed by atoms with van der Waals surface area (Å²) in [5.41, 5.74) is 0.801. The number of alkyl halides is 6. The fourth-order valence-corrected chi connectivity index (χ4v) is 2.46. The highest BCUT2D eigenvalue weighted by molar-refractivity contribution is 5.68. The molecule has 29 heavy (non-hydrogen) atoms. The van der Waals surface area contributed by atoms with Gasteiger partial charge in [-0.15, -0.1) is 26.3 Å². The monoisotopic (exact) mass is 417 g/mol. The summed E-state index contributed by atoms with van der Waals surface area (Å²) in [5, 5.41) is 0. The molecule has 10 heteroatoms. The largest absolute Gasteiger partial charge is 0.573 e. The molecule has 0 aliphatic rings. The predicted octanol–water partition coefficient (Wildman–Crippen LogP) is 6.35. The number of aromatic nitrogens is 1. The maximum absolute atomic E-state index is 14.5. The Hall–Kier alpha value is -3.30. The Balaban J connectivity index is 1.80. The molecule has 0 amide bonds. The van der Waals surface area contributed by atoms with E-state index in [1.54, 1.807) is 0 Å². The van der Waals surface area contributed by atoms with Gasteiger partial charge >= 0.3 is 12.7 Å². The summed E-state index contributed by atoms with van der Waals surface area (Å²) in [4.78, 5) is 4.06. The molecule has 0 spiro atoms. The Kier molecular flexibility index (Phi) is 5.36. The zero-order valence-electron chi connectivity index (χ0n) is 14.2. The smallest absolute Gasteiger partial charge is 0.406 e. The SMILES string of the molecule is Fc1cc(-c2ccc(OC(F)(F)F)cc2)ncc1-c1ccc(OC(F)(F)F)cc1. The first-order valence-corrected chi connectivity index (χ1v) is 7.88. The average molecular weight is 417 g/mol. The minimum atomic E-state index is -4.84. The van der Waals surface area contributed by atoms with Crippen LogP contribution in [0.2, 0.25) is 0 Å². The lowest BCUT2D eigenvalue weighted by molar-refractivity contribution is -0.275. The van der Waals surface area contributed by atoms with Crippen molar-refractivity contribution in [2.45, 2.75) is 12.7 Å². The van der Waals surface area contributed by atoms with Crippen LogP contribution in [0.4, 0.5) is 30.7 Å². The molecule has 0 aliphatic carbocycles. The number of halogens is 7. The first kappa shape index (κ1) is 20.4. The predicted molar refractivity (Wildman–Crippen MR) is 88.4 cm³/mol. The van der Waals surface area contributed by atoms with E-state index in [0.29, 0.717) is 5.56 Å². The molecule has 3 nitrogen and oxygen atoms in total. The normalized spacial score (nSPS) is 12.0. The molecule has 152 valence electrons. The Morgan fingerprint density at radius 2 is 1.10 bits per heavy atom. The van der Waals surface area contributed by atoms with Crippen LogP contribution in [-0.2, 0) is 0 Å². The highest BCUT2D eigenvalue weighted by Crippen LogP contribution is 2.30. The molecule has 0 N–H and O–H groups in total. The summed E-state index contributed by atoms with van der Waals surface area (Å²) in [6, 6.07) is 10.3. The van der Waals surface area contributed by atoms with E-state index in [2.05, 4.69) is 14.5 Å². The summed E-state index contributed by atoms with van der Waals surface area (Å²) in [6.07, 6.45) is -8.49. The Morgan fingerprint density at radius 3 is 1.52 bits per heavy atom. The van der Waals surface area contributed by atoms with Gasteiger partial charge in [0.25, 0.3) is 0 Å². The van der Waals surface area contributed by atoms with Crippen molar-refractivity contribution in [3.05, 3.63) is 66.6 Å². The summed E-state index contributed by atoms with van der Waals surface area (Å²) in [7, 11) is 0. The molecule has 3 rings (SSSR count). The van der Waals surface area contributed by atoms with Crippen LogP contribution in [0, 0.1) is 5.82 Å². The zero-order chi connectivity index (χ0) is 21.2. The third kappa shape index (κ3) is 5.59. The van der Waals surface area contributed by atoms with Crippen molar-refractivity contribution in [2.75, 3.05) is 0 Å². The molecule has 1 heterocycles. The molecule has 3 aromatic rings. The minimum absolute atomic E-state index is 0.0318. The van der Waals surface area contributed by atoms with Gasteiger partial charge in [0.05, 0.1) is 5.69 Å². The van der Waals surface area contributed by atoms with Crippen LogP contribution in [-0.4, -0.2) is 17.7 Å². The van der Waals surface area contributed by atoms with Crippen molar-refractivity contribution in [3.8, 4) is 33.9 Å². The van der Waals surface area contributed by atoms with Gasteiger partial charge in [-0.2, -0.15) is 0 Å². The van der Waals surface area contributed by atoms with Crippen molar-refractivity contribution < 1.29 is 40.2 Å². The zero-order valence-corrected chi connectivity index (χ0v) is 14.2. The Bertz CT molecular complexity index is 981. The molecule has 0 fully saturated rings. The van der Waals surface area contributed by atoms with Crippen molar-refractivity contribution in [1.82, 2.24) is 4.98 Å². The van der Waals surface area contributed by atoms with Gasteiger partial charge in [0.1, 0.15) is 17.3 Å². The number of pyridine rings is 1. The number of ether oxygens (including phenoxy) is 2. The second-order valence-corrected chi connectivity index (χ2v) is 5.69. The molecule has 0 saturated heterocycles. The van der Waals surface area contributed by atoms with E-state index < -0.39 is 30.0 Å². The van der Waals surface area contributed by atoms with Crippen molar-refractivity contribution in [2.24, 2.45) is 0 Å². The lowest BCUT2D eigenvalue weighted by Gasteiger charge is -2.11. The van der Waals surface area contributed by atoms with E-state index in [9.17, 15) is 30.7 Å². The van der Waals surface area contributed by atoms with Crippen LogP contribution in [0.3, 0.4) is 0 Å². The third-order valence-electron chi connectivity index (χ3n) is 3.64. The van der Waals surface area contributed by atoms with Crippen LogP contribution < -0.4 is 9.47 Å². The molecule has 2 aromatic carbocycles. The van der Waals surface area contributed by atoms with Crippen molar-refractivity contribution in [1.29, 1.82) is 0 Å². The summed E-state index contributed by atoms with van der Waals surface area (Å²) in [5.74, 6) is -1.60. The highest BCUT2D eigenvalue weighted by atomic mass is 19.4. The quantitative estimate of drug-likeness (QED) is 0.464. The van der Waals surface area contributed by atoms with Gasteiger partial charge in [-0.25, -0.2) is 4.39 Å². The molecule has 0 radical (unpaired) electrons. The maximum Gasteiger partial charge on any atom is 0.573 e. The van der Waals surface area contributed by atoms with Gasteiger partial charge in [0.15, 0.2) is 0 Å². The molecule has 1 aromatic heterocycles. The van der Waals surface area contributed by atoms with Crippen LogP contribution in [0.25, 0.3) is 22.4 Å². The first-order valence-electron chi connectivity index (χ1n) is 7.88. The molecular weight excluding hydrogens is 407 g/mol. The highest BCUT2D eigenvalue weighted by Gasteiger charge is 2.31. The molecule has 0 saturated carbocycles. The lowest BCUT2D eigenvalue weighted by Crippen LogP contribution is -2.17. The summed E-state index contributed by atoms with van der Waals surface area (Å²) < 4.78 is 95.1. The average Bonchev–Trinajstić information content (AvgIpc) is 2.60. The summed E-state index contributed by atoms with van der Waals surface area (Å²) >= 11 is 0. The Labute approximate surface area is 159 Å². The van der Waals surface area contributed by atoms with Gasteiger partial charge in [-0.05, 0) is 42.0 Å². The lowest BCUT2D eigenvalue weighted by atomic mass is 10.0. The number of hydrogen-bond acceptors (Lipinski definition) is 3. The van der Waals surface area contributed by atoms with Crippen LogP contribution in [0.15, 0.2) is 60.8 Å². The maximum atomic E-state index is 14.5. The number of hydrogen-bond donors (Lipinski definition) is 0. The van der Waals surface area contributed by atoms with Gasteiger partial charge in [0.2, 0.25) is 0 Å². The fourth-order valence-electron chi connectivity index (χ4n) is 2.46. The number of benzene rings is 2. The molecule has 0 aliphatic heterocycles. The van der Waals surface area contributed by atoms with Gasteiger partial charge in [-0.3, -0.25) is 4.98 Å². The number of rotatable bonds is 4. The van der Waals surface area contributed by atoms with E-state index in [1.807, 2.05) is 0 Å².